The van der Waals surface area contributed by atoms with E-state index in [1.165, 1.54) is 0 Å². The van der Waals surface area contributed by atoms with Gasteiger partial charge >= 0.3 is 0 Å². The number of hydrogen-bond acceptors (Lipinski definition) is 4. The fourth-order valence-electron chi connectivity index (χ4n) is 2.37. The summed E-state index contributed by atoms with van der Waals surface area (Å²) in [6.07, 6.45) is 2.08. The Morgan fingerprint density at radius 1 is 1.19 bits per heavy atom. The highest BCUT2D eigenvalue weighted by Crippen LogP contribution is 2.15. The monoisotopic (exact) mass is 371 g/mol. The lowest BCUT2D eigenvalue weighted by Gasteiger charge is -2.10. The minimum Gasteiger partial charge on any atom is -0.348 e. The lowest BCUT2D eigenvalue weighted by Crippen LogP contribution is -2.23. The largest absolute Gasteiger partial charge is 0.348 e. The maximum Gasteiger partial charge on any atom is 0.253 e. The van der Waals surface area contributed by atoms with Crippen LogP contribution in [0.3, 0.4) is 0 Å². The zero-order valence-electron chi connectivity index (χ0n) is 15.4. The molecular weight excluding hydrogens is 346 g/mol. The van der Waals surface area contributed by atoms with Crippen LogP contribution in [-0.4, -0.2) is 22.6 Å². The number of benzene rings is 1. The van der Waals surface area contributed by atoms with Gasteiger partial charge in [0, 0.05) is 24.8 Å². The maximum absolute atomic E-state index is 12.2. The molecular formula is C20H25N3O2S. The first-order valence-corrected chi connectivity index (χ1v) is 9.72. The Balaban J connectivity index is 1.91. The average Bonchev–Trinajstić information content (AvgIpc) is 2.60. The molecule has 138 valence electrons. The van der Waals surface area contributed by atoms with E-state index in [-0.39, 0.29) is 11.8 Å². The summed E-state index contributed by atoms with van der Waals surface area (Å²) in [6, 6.07) is 11.1. The third kappa shape index (κ3) is 6.52. The first kappa shape index (κ1) is 20.0. The van der Waals surface area contributed by atoms with Crippen LogP contribution in [0, 0.1) is 5.92 Å². The molecule has 1 heterocycles. The van der Waals surface area contributed by atoms with Crippen molar-refractivity contribution in [2.24, 2.45) is 5.92 Å². The van der Waals surface area contributed by atoms with E-state index in [9.17, 15) is 9.59 Å². The van der Waals surface area contributed by atoms with E-state index in [0.717, 1.165) is 22.0 Å². The number of amides is 2. The number of carbonyl (C=O) groups is 2. The first-order valence-electron chi connectivity index (χ1n) is 8.73. The summed E-state index contributed by atoms with van der Waals surface area (Å²) in [4.78, 5) is 28.4. The molecule has 6 heteroatoms. The van der Waals surface area contributed by atoms with Crippen molar-refractivity contribution in [1.29, 1.82) is 0 Å². The highest BCUT2D eigenvalue weighted by molar-refractivity contribution is 7.99. The van der Waals surface area contributed by atoms with Crippen molar-refractivity contribution in [2.45, 2.75) is 38.8 Å². The van der Waals surface area contributed by atoms with Crippen molar-refractivity contribution >= 4 is 29.3 Å². The average molecular weight is 372 g/mol. The predicted octanol–water partition coefficient (Wildman–Crippen LogP) is 4.11. The van der Waals surface area contributed by atoms with E-state index < -0.39 is 0 Å². The molecule has 0 aliphatic carbocycles. The van der Waals surface area contributed by atoms with Gasteiger partial charge in [0.25, 0.3) is 5.91 Å². The number of aromatic nitrogens is 1. The molecule has 0 bridgehead atoms. The van der Waals surface area contributed by atoms with Gasteiger partial charge in [0.1, 0.15) is 0 Å². The van der Waals surface area contributed by atoms with Crippen molar-refractivity contribution in [3.63, 3.8) is 0 Å². The Bertz CT molecular complexity index is 745. The van der Waals surface area contributed by atoms with E-state index in [0.29, 0.717) is 24.4 Å². The number of anilines is 1. The van der Waals surface area contributed by atoms with Gasteiger partial charge < -0.3 is 10.6 Å². The van der Waals surface area contributed by atoms with Crippen LogP contribution in [0.5, 0.6) is 0 Å². The van der Waals surface area contributed by atoms with Crippen LogP contribution in [-0.2, 0) is 11.3 Å². The topological polar surface area (TPSA) is 71.1 Å². The van der Waals surface area contributed by atoms with E-state index in [2.05, 4.69) is 22.5 Å². The Morgan fingerprint density at radius 3 is 2.65 bits per heavy atom. The molecule has 0 atom stereocenters. The minimum absolute atomic E-state index is 0.00250. The van der Waals surface area contributed by atoms with Crippen molar-refractivity contribution in [2.75, 3.05) is 11.1 Å². The Kier molecular flexibility index (Phi) is 7.66. The summed E-state index contributed by atoms with van der Waals surface area (Å²) in [5, 5.41) is 6.68. The van der Waals surface area contributed by atoms with Gasteiger partial charge in [-0.05, 0) is 41.5 Å². The number of rotatable bonds is 8. The van der Waals surface area contributed by atoms with Gasteiger partial charge in [-0.1, -0.05) is 32.9 Å². The molecule has 0 aliphatic rings. The van der Waals surface area contributed by atoms with Gasteiger partial charge in [0.15, 0.2) is 0 Å². The lowest BCUT2D eigenvalue weighted by molar-refractivity contribution is -0.116. The van der Waals surface area contributed by atoms with E-state index in [1.807, 2.05) is 44.2 Å². The van der Waals surface area contributed by atoms with Crippen LogP contribution in [0.15, 0.2) is 47.6 Å². The molecule has 0 aliphatic heterocycles. The second-order valence-corrected chi connectivity index (χ2v) is 7.63. The van der Waals surface area contributed by atoms with Crippen LogP contribution >= 0.6 is 11.8 Å². The van der Waals surface area contributed by atoms with Crippen molar-refractivity contribution in [3.8, 4) is 0 Å². The number of nitrogens with one attached hydrogen (secondary N) is 2. The van der Waals surface area contributed by atoms with Crippen molar-refractivity contribution in [3.05, 3.63) is 53.7 Å². The fourth-order valence-corrected chi connectivity index (χ4v) is 2.96. The summed E-state index contributed by atoms with van der Waals surface area (Å²) in [5.74, 6) is 1.09. The Labute approximate surface area is 159 Å². The molecule has 0 saturated heterocycles. The SMILES string of the molecule is CCSc1ccc(C(=O)NCc2cccc(NC(=O)CC(C)C)c2)cn1. The highest BCUT2D eigenvalue weighted by atomic mass is 32.2. The number of pyridine rings is 1. The lowest BCUT2D eigenvalue weighted by atomic mass is 10.1. The first-order chi connectivity index (χ1) is 12.5. The van der Waals surface area contributed by atoms with Gasteiger partial charge in [0.05, 0.1) is 10.6 Å². The van der Waals surface area contributed by atoms with E-state index in [4.69, 9.17) is 0 Å². The van der Waals surface area contributed by atoms with Gasteiger partial charge in [-0.15, -0.1) is 11.8 Å². The third-order valence-electron chi connectivity index (χ3n) is 3.55. The molecule has 2 amide bonds. The summed E-state index contributed by atoms with van der Waals surface area (Å²) in [7, 11) is 0. The van der Waals surface area contributed by atoms with Crippen LogP contribution in [0.1, 0.15) is 43.1 Å². The molecule has 5 nitrogen and oxygen atoms in total. The van der Waals surface area contributed by atoms with Crippen LogP contribution in [0.4, 0.5) is 5.69 Å². The molecule has 26 heavy (non-hydrogen) atoms. The number of carbonyl (C=O) groups excluding carboxylic acids is 2. The summed E-state index contributed by atoms with van der Waals surface area (Å²) in [5.41, 5.74) is 2.20. The van der Waals surface area contributed by atoms with Crippen LogP contribution < -0.4 is 10.6 Å². The number of thioether (sulfide) groups is 1. The van der Waals surface area contributed by atoms with E-state index >= 15 is 0 Å². The van der Waals surface area contributed by atoms with Gasteiger partial charge in [-0.25, -0.2) is 4.98 Å². The Morgan fingerprint density at radius 2 is 2.00 bits per heavy atom. The normalized spacial score (nSPS) is 10.6. The second-order valence-electron chi connectivity index (χ2n) is 6.35. The van der Waals surface area contributed by atoms with Gasteiger partial charge in [-0.2, -0.15) is 0 Å². The Hall–Kier alpha value is -2.34. The smallest absolute Gasteiger partial charge is 0.253 e. The second kappa shape index (κ2) is 9.97. The molecule has 1 aromatic heterocycles. The maximum atomic E-state index is 12.2. The zero-order chi connectivity index (χ0) is 18.9. The van der Waals surface area contributed by atoms with E-state index in [1.54, 1.807) is 24.0 Å². The molecule has 0 spiro atoms. The minimum atomic E-state index is -0.167. The summed E-state index contributed by atoms with van der Waals surface area (Å²) in [6.45, 7) is 6.46. The quantitative estimate of drug-likeness (QED) is 0.685. The van der Waals surface area contributed by atoms with Crippen LogP contribution in [0.25, 0.3) is 0 Å². The molecule has 2 N–H and O–H groups in total. The summed E-state index contributed by atoms with van der Waals surface area (Å²) >= 11 is 1.64. The highest BCUT2D eigenvalue weighted by Gasteiger charge is 2.08. The molecule has 1 aromatic carbocycles. The fraction of sp³-hybridized carbons (Fsp3) is 0.350. The number of nitrogens with zero attached hydrogens (tertiary/aromatic N) is 1. The number of hydrogen-bond donors (Lipinski definition) is 2. The van der Waals surface area contributed by atoms with Crippen molar-refractivity contribution in [1.82, 2.24) is 10.3 Å². The zero-order valence-corrected chi connectivity index (χ0v) is 16.2. The molecule has 2 aromatic rings. The molecule has 0 radical (unpaired) electrons. The molecule has 0 fully saturated rings. The summed E-state index contributed by atoms with van der Waals surface area (Å²) < 4.78 is 0. The predicted molar refractivity (Wildman–Crippen MR) is 106 cm³/mol. The van der Waals surface area contributed by atoms with Crippen molar-refractivity contribution < 1.29 is 9.59 Å². The van der Waals surface area contributed by atoms with Crippen LogP contribution in [0.2, 0.25) is 0 Å². The third-order valence-corrected chi connectivity index (χ3v) is 4.37. The standard InChI is InChI=1S/C20H25N3O2S/c1-4-26-19-9-8-16(13-21-19)20(25)22-12-15-6-5-7-17(11-15)23-18(24)10-14(2)3/h5-9,11,13-14H,4,10,12H2,1-3H3,(H,22,25)(H,23,24). The van der Waals surface area contributed by atoms with Gasteiger partial charge in [-0.3, -0.25) is 9.59 Å². The van der Waals surface area contributed by atoms with Gasteiger partial charge in [0.2, 0.25) is 5.91 Å². The molecule has 2 rings (SSSR count). The molecule has 0 saturated carbocycles. The molecule has 0 unspecified atom stereocenters.